The zero-order chi connectivity index (χ0) is 8.85. The number of hydrogen-bond acceptors (Lipinski definition) is 3. The predicted molar refractivity (Wildman–Crippen MR) is 46.7 cm³/mol. The van der Waals surface area contributed by atoms with Crippen LogP contribution in [-0.2, 0) is 9.59 Å². The Kier molecular flexibility index (Phi) is 4.94. The van der Waals surface area contributed by atoms with E-state index < -0.39 is 0 Å². The smallest absolute Gasteiger partial charge is 0.235 e. The average molecular weight is 175 g/mol. The van der Waals surface area contributed by atoms with Crippen LogP contribution in [0.25, 0.3) is 0 Å². The number of nitrogens with zero attached hydrogens (tertiary/aromatic N) is 1. The van der Waals surface area contributed by atoms with Crippen molar-refractivity contribution in [1.29, 1.82) is 0 Å². The second kappa shape index (κ2) is 5.18. The molecule has 0 aromatic heterocycles. The third-order valence-corrected chi connectivity index (χ3v) is 2.27. The standard InChI is InChI=1S/C7H13NO2S/c1-8(2)7(10)6(11-3)4-5-9/h5-6H,4H2,1-3H3. The maximum atomic E-state index is 11.2. The molecule has 1 atom stereocenters. The van der Waals surface area contributed by atoms with E-state index in [4.69, 9.17) is 0 Å². The van der Waals surface area contributed by atoms with Crippen LogP contribution in [0.4, 0.5) is 0 Å². The van der Waals surface area contributed by atoms with Gasteiger partial charge in [0.2, 0.25) is 5.91 Å². The summed E-state index contributed by atoms with van der Waals surface area (Å²) < 4.78 is 0. The number of hydrogen-bond donors (Lipinski definition) is 0. The Morgan fingerprint density at radius 1 is 1.64 bits per heavy atom. The number of thioether (sulfide) groups is 1. The lowest BCUT2D eigenvalue weighted by Crippen LogP contribution is -2.31. The molecular formula is C7H13NO2S. The van der Waals surface area contributed by atoms with Gasteiger partial charge < -0.3 is 9.69 Å². The summed E-state index contributed by atoms with van der Waals surface area (Å²) in [6.45, 7) is 0. The molecule has 0 radical (unpaired) electrons. The Morgan fingerprint density at radius 2 is 2.18 bits per heavy atom. The number of carbonyl (C=O) groups is 2. The van der Waals surface area contributed by atoms with Crippen molar-refractivity contribution in [2.24, 2.45) is 0 Å². The van der Waals surface area contributed by atoms with Crippen LogP contribution >= 0.6 is 11.8 Å². The number of rotatable bonds is 4. The lowest BCUT2D eigenvalue weighted by atomic mass is 10.3. The van der Waals surface area contributed by atoms with Crippen LogP contribution in [0, 0.1) is 0 Å². The fourth-order valence-electron chi connectivity index (χ4n) is 0.673. The lowest BCUT2D eigenvalue weighted by Gasteiger charge is -2.16. The molecule has 0 heterocycles. The van der Waals surface area contributed by atoms with Crippen LogP contribution in [0.5, 0.6) is 0 Å². The first kappa shape index (κ1) is 10.5. The molecule has 0 aromatic rings. The van der Waals surface area contributed by atoms with E-state index in [0.29, 0.717) is 6.42 Å². The van der Waals surface area contributed by atoms with Crippen molar-refractivity contribution in [3.8, 4) is 0 Å². The molecule has 3 nitrogen and oxygen atoms in total. The monoisotopic (exact) mass is 175 g/mol. The number of amides is 1. The van der Waals surface area contributed by atoms with Gasteiger partial charge in [-0.25, -0.2) is 0 Å². The number of aldehydes is 1. The minimum atomic E-state index is -0.206. The van der Waals surface area contributed by atoms with E-state index in [9.17, 15) is 9.59 Å². The second-order valence-corrected chi connectivity index (χ2v) is 3.40. The summed E-state index contributed by atoms with van der Waals surface area (Å²) >= 11 is 1.41. The highest BCUT2D eigenvalue weighted by Crippen LogP contribution is 2.11. The highest BCUT2D eigenvalue weighted by molar-refractivity contribution is 7.99. The Bertz CT molecular complexity index is 147. The topological polar surface area (TPSA) is 37.4 Å². The minimum absolute atomic E-state index is 0.00426. The first-order valence-corrected chi connectivity index (χ1v) is 4.59. The van der Waals surface area contributed by atoms with Crippen LogP contribution < -0.4 is 0 Å². The van der Waals surface area contributed by atoms with Crippen molar-refractivity contribution in [1.82, 2.24) is 4.90 Å². The normalized spacial score (nSPS) is 12.3. The Morgan fingerprint density at radius 3 is 2.45 bits per heavy atom. The van der Waals surface area contributed by atoms with E-state index in [1.54, 1.807) is 14.1 Å². The Balaban J connectivity index is 4.02. The van der Waals surface area contributed by atoms with Gasteiger partial charge in [0.25, 0.3) is 0 Å². The van der Waals surface area contributed by atoms with Gasteiger partial charge in [-0.15, -0.1) is 0 Å². The average Bonchev–Trinajstić information content (AvgIpc) is 1.98. The van der Waals surface area contributed by atoms with Crippen molar-refractivity contribution < 1.29 is 9.59 Å². The zero-order valence-electron chi connectivity index (χ0n) is 7.03. The van der Waals surface area contributed by atoms with Gasteiger partial charge in [0.05, 0.1) is 5.25 Å². The summed E-state index contributed by atoms with van der Waals surface area (Å²) in [6, 6.07) is 0. The summed E-state index contributed by atoms with van der Waals surface area (Å²) in [5, 5.41) is -0.206. The largest absolute Gasteiger partial charge is 0.348 e. The predicted octanol–water partition coefficient (Wildman–Crippen LogP) is 0.395. The summed E-state index contributed by atoms with van der Waals surface area (Å²) in [6.07, 6.45) is 2.91. The summed E-state index contributed by atoms with van der Waals surface area (Å²) in [7, 11) is 3.38. The molecule has 0 fully saturated rings. The number of carbonyl (C=O) groups excluding carboxylic acids is 2. The molecule has 64 valence electrons. The van der Waals surface area contributed by atoms with Crippen molar-refractivity contribution >= 4 is 24.0 Å². The van der Waals surface area contributed by atoms with E-state index in [-0.39, 0.29) is 11.2 Å². The van der Waals surface area contributed by atoms with Gasteiger partial charge in [0.15, 0.2) is 0 Å². The molecule has 1 unspecified atom stereocenters. The van der Waals surface area contributed by atoms with Gasteiger partial charge in [0.1, 0.15) is 6.29 Å². The summed E-state index contributed by atoms with van der Waals surface area (Å²) in [4.78, 5) is 22.8. The highest BCUT2D eigenvalue weighted by atomic mass is 32.2. The van der Waals surface area contributed by atoms with E-state index in [2.05, 4.69) is 0 Å². The quantitative estimate of drug-likeness (QED) is 0.580. The molecular weight excluding hydrogens is 162 g/mol. The third kappa shape index (κ3) is 3.41. The molecule has 0 aliphatic heterocycles. The van der Waals surface area contributed by atoms with Crippen LogP contribution in [-0.4, -0.2) is 42.7 Å². The summed E-state index contributed by atoms with van der Waals surface area (Å²) in [5.41, 5.74) is 0. The van der Waals surface area contributed by atoms with E-state index >= 15 is 0 Å². The molecule has 0 aliphatic rings. The molecule has 0 bridgehead atoms. The second-order valence-electron chi connectivity index (χ2n) is 2.36. The van der Waals surface area contributed by atoms with Gasteiger partial charge in [-0.2, -0.15) is 11.8 Å². The third-order valence-electron chi connectivity index (χ3n) is 1.31. The zero-order valence-corrected chi connectivity index (χ0v) is 7.85. The molecule has 0 rings (SSSR count). The molecule has 0 aromatic carbocycles. The van der Waals surface area contributed by atoms with Gasteiger partial charge in [-0.3, -0.25) is 4.79 Å². The SMILES string of the molecule is CSC(CC=O)C(=O)N(C)C. The van der Waals surface area contributed by atoms with E-state index in [0.717, 1.165) is 6.29 Å². The first-order chi connectivity index (χ1) is 5.13. The molecule has 4 heteroatoms. The van der Waals surface area contributed by atoms with Gasteiger partial charge in [-0.1, -0.05) is 0 Å². The first-order valence-electron chi connectivity index (χ1n) is 3.31. The van der Waals surface area contributed by atoms with Crippen molar-refractivity contribution in [3.05, 3.63) is 0 Å². The van der Waals surface area contributed by atoms with Crippen molar-refractivity contribution in [2.45, 2.75) is 11.7 Å². The molecule has 0 aliphatic carbocycles. The molecule has 0 saturated heterocycles. The molecule has 0 N–H and O–H groups in total. The molecule has 1 amide bonds. The van der Waals surface area contributed by atoms with Gasteiger partial charge >= 0.3 is 0 Å². The molecule has 0 spiro atoms. The van der Waals surface area contributed by atoms with Crippen LogP contribution in [0.1, 0.15) is 6.42 Å². The maximum absolute atomic E-state index is 11.2. The molecule has 11 heavy (non-hydrogen) atoms. The fraction of sp³-hybridized carbons (Fsp3) is 0.714. The fourth-order valence-corrected chi connectivity index (χ4v) is 1.36. The van der Waals surface area contributed by atoms with E-state index in [1.165, 1.54) is 16.7 Å². The summed E-state index contributed by atoms with van der Waals surface area (Å²) in [5.74, 6) is 0.00426. The van der Waals surface area contributed by atoms with Gasteiger partial charge in [0, 0.05) is 20.5 Å². The maximum Gasteiger partial charge on any atom is 0.235 e. The highest BCUT2D eigenvalue weighted by Gasteiger charge is 2.17. The Hall–Kier alpha value is -0.510. The van der Waals surface area contributed by atoms with Crippen molar-refractivity contribution in [2.75, 3.05) is 20.4 Å². The lowest BCUT2D eigenvalue weighted by molar-refractivity contribution is -0.129. The Labute approximate surface area is 71.1 Å². The minimum Gasteiger partial charge on any atom is -0.348 e. The van der Waals surface area contributed by atoms with Gasteiger partial charge in [-0.05, 0) is 6.26 Å². The molecule has 0 saturated carbocycles. The van der Waals surface area contributed by atoms with E-state index in [1.807, 2.05) is 6.26 Å². The van der Waals surface area contributed by atoms with Crippen LogP contribution in [0.2, 0.25) is 0 Å². The van der Waals surface area contributed by atoms with Crippen LogP contribution in [0.15, 0.2) is 0 Å². The van der Waals surface area contributed by atoms with Crippen LogP contribution in [0.3, 0.4) is 0 Å². The van der Waals surface area contributed by atoms with Crippen molar-refractivity contribution in [3.63, 3.8) is 0 Å².